The predicted octanol–water partition coefficient (Wildman–Crippen LogP) is 2.32. The van der Waals surface area contributed by atoms with Crippen LogP contribution in [-0.2, 0) is 21.1 Å². The third kappa shape index (κ3) is 4.19. The quantitative estimate of drug-likeness (QED) is 0.716. The van der Waals surface area contributed by atoms with Gasteiger partial charge in [0.15, 0.2) is 16.4 Å². The summed E-state index contributed by atoms with van der Waals surface area (Å²) in [7, 11) is -3.27. The lowest BCUT2D eigenvalue weighted by Gasteiger charge is -2.33. The minimum Gasteiger partial charge on any atom is -0.487 e. The van der Waals surface area contributed by atoms with E-state index in [1.807, 2.05) is 20.8 Å². The second-order valence-electron chi connectivity index (χ2n) is 8.68. The van der Waals surface area contributed by atoms with Crippen LogP contribution in [-0.4, -0.2) is 38.3 Å². The normalized spacial score (nSPS) is 20.8. The average molecular weight is 448 g/mol. The van der Waals surface area contributed by atoms with Gasteiger partial charge in [0, 0.05) is 22.6 Å². The second kappa shape index (κ2) is 7.40. The zero-order valence-electron chi connectivity index (χ0n) is 17.9. The summed E-state index contributed by atoms with van der Waals surface area (Å²) in [5, 5.41) is 4.36. The van der Waals surface area contributed by atoms with E-state index in [0.717, 1.165) is 23.0 Å². The molecule has 0 bridgehead atoms. The summed E-state index contributed by atoms with van der Waals surface area (Å²) in [6.07, 6.45) is 2.90. The average Bonchev–Trinajstić information content (AvgIpc) is 3.01. The lowest BCUT2D eigenvalue weighted by atomic mass is 9.92. The number of hydrogen-bond donors (Lipinski definition) is 1. The van der Waals surface area contributed by atoms with Gasteiger partial charge >= 0.3 is 5.63 Å². The molecular formula is C22H25NO7S. The molecule has 9 heteroatoms. The Hall–Kier alpha value is -2.81. The fraction of sp³-hybridized carbons (Fsp3) is 0.455. The molecule has 0 aliphatic carbocycles. The maximum Gasteiger partial charge on any atom is 0.339 e. The van der Waals surface area contributed by atoms with Gasteiger partial charge in [0.1, 0.15) is 22.7 Å². The molecule has 8 nitrogen and oxygen atoms in total. The number of nitrogens with one attached hydrogen (secondary N) is 1. The van der Waals surface area contributed by atoms with E-state index in [9.17, 15) is 18.0 Å². The van der Waals surface area contributed by atoms with Gasteiger partial charge in [-0.1, -0.05) is 0 Å². The van der Waals surface area contributed by atoms with Gasteiger partial charge in [0.05, 0.1) is 17.2 Å². The van der Waals surface area contributed by atoms with Crippen LogP contribution in [0.3, 0.4) is 0 Å². The Balaban J connectivity index is 1.67. The molecule has 1 N–H and O–H groups in total. The zero-order chi connectivity index (χ0) is 22.6. The van der Waals surface area contributed by atoms with Gasteiger partial charge in [0.2, 0.25) is 0 Å². The van der Waals surface area contributed by atoms with Crippen LogP contribution in [0, 0.1) is 13.8 Å². The number of ether oxygens (including phenoxy) is 2. The van der Waals surface area contributed by atoms with E-state index in [1.165, 1.54) is 6.08 Å². The molecule has 0 saturated heterocycles. The first-order valence-corrected chi connectivity index (χ1v) is 11.8. The SMILES string of the molecule is Cc1c(C)c2c(OCC(=O)NC3C=CS(=O)(=O)C3)cc3c(c2oc1=O)CCC(C)(C)O3. The van der Waals surface area contributed by atoms with E-state index in [1.54, 1.807) is 13.0 Å². The summed E-state index contributed by atoms with van der Waals surface area (Å²) in [6.45, 7) is 7.14. The van der Waals surface area contributed by atoms with Crippen molar-refractivity contribution in [3.63, 3.8) is 0 Å². The number of carbonyl (C=O) groups excluding carboxylic acids is 1. The minimum absolute atomic E-state index is 0.160. The van der Waals surface area contributed by atoms with Gasteiger partial charge in [-0.05, 0) is 52.2 Å². The standard InChI is InChI=1S/C22H25NO7S/c1-12-13(2)21(25)29-20-15-5-7-22(3,4)30-16(15)9-17(19(12)20)28-10-18(24)23-14-6-8-31(26,27)11-14/h6,8-9,14H,5,7,10-11H2,1-4H3,(H,23,24). The number of benzene rings is 1. The summed E-state index contributed by atoms with van der Waals surface area (Å²) in [5.41, 5.74) is 1.63. The molecule has 1 amide bonds. The van der Waals surface area contributed by atoms with Crippen LogP contribution in [0.2, 0.25) is 0 Å². The summed E-state index contributed by atoms with van der Waals surface area (Å²) in [4.78, 5) is 24.7. The fourth-order valence-corrected chi connectivity index (χ4v) is 5.14. The highest BCUT2D eigenvalue weighted by Crippen LogP contribution is 2.43. The Labute approximate surface area is 180 Å². The Morgan fingerprint density at radius 1 is 1.29 bits per heavy atom. The van der Waals surface area contributed by atoms with Crippen molar-refractivity contribution in [1.29, 1.82) is 0 Å². The van der Waals surface area contributed by atoms with Crippen LogP contribution in [0.5, 0.6) is 11.5 Å². The van der Waals surface area contributed by atoms with Crippen LogP contribution in [0.1, 0.15) is 37.0 Å². The largest absolute Gasteiger partial charge is 0.487 e. The van der Waals surface area contributed by atoms with E-state index in [2.05, 4.69) is 5.32 Å². The van der Waals surface area contributed by atoms with Crippen molar-refractivity contribution in [2.24, 2.45) is 0 Å². The zero-order valence-corrected chi connectivity index (χ0v) is 18.7. The van der Waals surface area contributed by atoms with Gasteiger partial charge < -0.3 is 19.2 Å². The molecule has 0 spiro atoms. The number of hydrogen-bond acceptors (Lipinski definition) is 7. The minimum atomic E-state index is -3.27. The second-order valence-corrected chi connectivity index (χ2v) is 10.6. The third-order valence-corrected chi connectivity index (χ3v) is 7.14. The van der Waals surface area contributed by atoms with Crippen molar-refractivity contribution in [3.05, 3.63) is 44.7 Å². The Kier molecular flexibility index (Phi) is 5.12. The summed E-state index contributed by atoms with van der Waals surface area (Å²) in [6, 6.07) is 1.16. The van der Waals surface area contributed by atoms with E-state index < -0.39 is 27.4 Å². The van der Waals surface area contributed by atoms with Crippen LogP contribution in [0.4, 0.5) is 0 Å². The maximum absolute atomic E-state index is 12.3. The molecule has 31 heavy (non-hydrogen) atoms. The first-order chi connectivity index (χ1) is 14.5. The van der Waals surface area contributed by atoms with Crippen LogP contribution in [0.25, 0.3) is 11.0 Å². The molecule has 4 rings (SSSR count). The molecule has 0 saturated carbocycles. The number of sulfone groups is 1. The molecule has 0 radical (unpaired) electrons. The van der Waals surface area contributed by atoms with Crippen molar-refractivity contribution in [3.8, 4) is 11.5 Å². The molecule has 3 heterocycles. The monoisotopic (exact) mass is 447 g/mol. The molecule has 1 atom stereocenters. The van der Waals surface area contributed by atoms with Crippen molar-refractivity contribution >= 4 is 26.7 Å². The van der Waals surface area contributed by atoms with Gasteiger partial charge in [-0.2, -0.15) is 0 Å². The molecule has 166 valence electrons. The highest BCUT2D eigenvalue weighted by atomic mass is 32.2. The van der Waals surface area contributed by atoms with Crippen LogP contribution in [0.15, 0.2) is 26.8 Å². The number of amides is 1. The first-order valence-electron chi connectivity index (χ1n) is 10.1. The highest BCUT2D eigenvalue weighted by molar-refractivity contribution is 7.94. The molecule has 2 aromatic rings. The van der Waals surface area contributed by atoms with E-state index in [4.69, 9.17) is 13.9 Å². The molecular weight excluding hydrogens is 422 g/mol. The van der Waals surface area contributed by atoms with Crippen LogP contribution < -0.4 is 20.4 Å². The maximum atomic E-state index is 12.3. The Bertz CT molecular complexity index is 1270. The predicted molar refractivity (Wildman–Crippen MR) is 115 cm³/mol. The number of rotatable bonds is 4. The first kappa shape index (κ1) is 21.4. The van der Waals surface area contributed by atoms with Gasteiger partial charge in [0.25, 0.3) is 5.91 Å². The van der Waals surface area contributed by atoms with Gasteiger partial charge in [-0.15, -0.1) is 0 Å². The molecule has 1 aromatic carbocycles. The van der Waals surface area contributed by atoms with Crippen molar-refractivity contribution < 1.29 is 27.1 Å². The van der Waals surface area contributed by atoms with Gasteiger partial charge in [-0.25, -0.2) is 13.2 Å². The van der Waals surface area contributed by atoms with E-state index >= 15 is 0 Å². The van der Waals surface area contributed by atoms with E-state index in [-0.39, 0.29) is 18.0 Å². The molecule has 2 aliphatic heterocycles. The highest BCUT2D eigenvalue weighted by Gasteiger charge is 2.31. The van der Waals surface area contributed by atoms with Crippen LogP contribution >= 0.6 is 0 Å². The van der Waals surface area contributed by atoms with Crippen molar-refractivity contribution in [2.45, 2.75) is 52.2 Å². The molecule has 2 aliphatic rings. The Morgan fingerprint density at radius 3 is 2.71 bits per heavy atom. The van der Waals surface area contributed by atoms with Crippen molar-refractivity contribution in [2.75, 3.05) is 12.4 Å². The smallest absolute Gasteiger partial charge is 0.339 e. The summed E-state index contributed by atoms with van der Waals surface area (Å²) < 4.78 is 40.6. The molecule has 1 unspecified atom stereocenters. The summed E-state index contributed by atoms with van der Waals surface area (Å²) >= 11 is 0. The topological polar surface area (TPSA) is 112 Å². The Morgan fingerprint density at radius 2 is 2.03 bits per heavy atom. The number of carbonyl (C=O) groups is 1. The third-order valence-electron chi connectivity index (χ3n) is 5.74. The molecule has 1 aromatic heterocycles. The molecule has 0 fully saturated rings. The number of fused-ring (bicyclic) bond motifs is 3. The fourth-order valence-electron chi connectivity index (χ4n) is 3.90. The van der Waals surface area contributed by atoms with E-state index in [0.29, 0.717) is 34.5 Å². The van der Waals surface area contributed by atoms with Crippen molar-refractivity contribution in [1.82, 2.24) is 5.32 Å². The number of aryl methyl sites for hydroxylation is 2. The lowest BCUT2D eigenvalue weighted by Crippen LogP contribution is -2.38. The summed E-state index contributed by atoms with van der Waals surface area (Å²) in [5.74, 6) is 0.328. The van der Waals surface area contributed by atoms with Gasteiger partial charge in [-0.3, -0.25) is 4.79 Å². The lowest BCUT2D eigenvalue weighted by molar-refractivity contribution is -0.123.